The van der Waals surface area contributed by atoms with Crippen LogP contribution in [-0.4, -0.2) is 62.2 Å². The molecule has 0 unspecified atom stereocenters. The van der Waals surface area contributed by atoms with Crippen LogP contribution >= 0.6 is 0 Å². The van der Waals surface area contributed by atoms with Crippen LogP contribution in [0.1, 0.15) is 31.2 Å². The number of ether oxygens (including phenoxy) is 1. The Labute approximate surface area is 213 Å². The second-order valence-corrected chi connectivity index (χ2v) is 8.53. The lowest BCUT2D eigenvalue weighted by Gasteiger charge is -2.31. The molecule has 10 nitrogen and oxygen atoms in total. The summed E-state index contributed by atoms with van der Waals surface area (Å²) in [4.78, 5) is 33.3. The molecule has 2 N–H and O–H groups in total. The van der Waals surface area contributed by atoms with E-state index in [4.69, 9.17) is 4.74 Å². The fraction of sp³-hybridized carbons (Fsp3) is 0.391. The first-order chi connectivity index (χ1) is 17.9. The number of carbonyl (C=O) groups is 1. The highest BCUT2D eigenvalue weighted by Gasteiger charge is 2.32. The summed E-state index contributed by atoms with van der Waals surface area (Å²) in [7, 11) is 1.30. The predicted octanol–water partition coefficient (Wildman–Crippen LogP) is 4.85. The Morgan fingerprint density at radius 1 is 1.00 bits per heavy atom. The Morgan fingerprint density at radius 2 is 1.71 bits per heavy atom. The number of hydrogen-bond donors (Lipinski definition) is 2. The zero-order valence-corrected chi connectivity index (χ0v) is 20.3. The lowest BCUT2D eigenvalue weighted by molar-refractivity contribution is -0.141. The number of halogens is 5. The van der Waals surface area contributed by atoms with Crippen LogP contribution in [0.4, 0.5) is 44.3 Å². The van der Waals surface area contributed by atoms with E-state index in [0.29, 0.717) is 32.9 Å². The van der Waals surface area contributed by atoms with Gasteiger partial charge in [-0.25, -0.2) is 9.78 Å². The quantitative estimate of drug-likeness (QED) is 0.425. The Kier molecular flexibility index (Phi) is 7.55. The van der Waals surface area contributed by atoms with E-state index in [2.05, 4.69) is 35.6 Å². The first-order valence-corrected chi connectivity index (χ1v) is 11.4. The van der Waals surface area contributed by atoms with Gasteiger partial charge in [-0.15, -0.1) is 0 Å². The first-order valence-electron chi connectivity index (χ1n) is 11.4. The molecule has 1 amide bonds. The van der Waals surface area contributed by atoms with E-state index in [-0.39, 0.29) is 35.1 Å². The minimum atomic E-state index is -4.66. The molecule has 1 aliphatic heterocycles. The molecule has 38 heavy (non-hydrogen) atoms. The SMILES string of the molecule is COC(=O)N1CCC(Nc2nc(Nc3ccnc(C(F)(F)F)c3)nc(-c3cccc(C(C)(F)F)n3)n2)CC1. The largest absolute Gasteiger partial charge is 0.453 e. The van der Waals surface area contributed by atoms with Crippen LogP contribution in [-0.2, 0) is 16.8 Å². The molecule has 3 aromatic rings. The topological polar surface area (TPSA) is 118 Å². The summed E-state index contributed by atoms with van der Waals surface area (Å²) in [6.07, 6.45) is -3.05. The van der Waals surface area contributed by atoms with Gasteiger partial charge in [-0.3, -0.25) is 4.98 Å². The molecule has 202 valence electrons. The fourth-order valence-electron chi connectivity index (χ4n) is 3.73. The second kappa shape index (κ2) is 10.7. The molecule has 0 saturated carbocycles. The van der Waals surface area contributed by atoms with Gasteiger partial charge < -0.3 is 20.3 Å². The van der Waals surface area contributed by atoms with Gasteiger partial charge in [0.05, 0.1) is 7.11 Å². The zero-order valence-electron chi connectivity index (χ0n) is 20.3. The van der Waals surface area contributed by atoms with Gasteiger partial charge >= 0.3 is 12.3 Å². The number of hydrogen-bond acceptors (Lipinski definition) is 9. The molecule has 3 aromatic heterocycles. The van der Waals surface area contributed by atoms with Crippen LogP contribution in [0.5, 0.6) is 0 Å². The molecule has 15 heteroatoms. The lowest BCUT2D eigenvalue weighted by atomic mass is 10.1. The van der Waals surface area contributed by atoms with E-state index in [9.17, 15) is 26.7 Å². The number of amides is 1. The van der Waals surface area contributed by atoms with E-state index in [1.54, 1.807) is 4.90 Å². The van der Waals surface area contributed by atoms with Crippen LogP contribution in [0.3, 0.4) is 0 Å². The molecule has 0 radical (unpaired) electrons. The Balaban J connectivity index is 1.65. The number of methoxy groups -OCH3 is 1. The number of aromatic nitrogens is 5. The average Bonchev–Trinajstić information content (AvgIpc) is 2.88. The third-order valence-electron chi connectivity index (χ3n) is 5.63. The second-order valence-electron chi connectivity index (χ2n) is 8.53. The highest BCUT2D eigenvalue weighted by atomic mass is 19.4. The summed E-state index contributed by atoms with van der Waals surface area (Å²) in [6.45, 7) is 1.54. The van der Waals surface area contributed by atoms with Gasteiger partial charge in [-0.1, -0.05) is 6.07 Å². The van der Waals surface area contributed by atoms with E-state index in [1.807, 2.05) is 0 Å². The van der Waals surface area contributed by atoms with Crippen molar-refractivity contribution in [2.24, 2.45) is 0 Å². The smallest absolute Gasteiger partial charge is 0.433 e. The van der Waals surface area contributed by atoms with Crippen molar-refractivity contribution in [1.82, 2.24) is 29.8 Å². The molecule has 0 aliphatic carbocycles. The fourth-order valence-corrected chi connectivity index (χ4v) is 3.73. The number of likely N-dealkylation sites (tertiary alicyclic amines) is 1. The molecule has 4 rings (SSSR count). The van der Waals surface area contributed by atoms with Gasteiger partial charge in [-0.05, 0) is 37.1 Å². The summed E-state index contributed by atoms with van der Waals surface area (Å²) in [5, 5.41) is 5.82. The minimum Gasteiger partial charge on any atom is -0.453 e. The maximum atomic E-state index is 13.9. The molecule has 4 heterocycles. The number of rotatable bonds is 6. The first kappa shape index (κ1) is 26.9. The van der Waals surface area contributed by atoms with Crippen LogP contribution in [0, 0.1) is 0 Å². The molecule has 0 spiro atoms. The van der Waals surface area contributed by atoms with Crippen molar-refractivity contribution in [3.8, 4) is 11.5 Å². The maximum absolute atomic E-state index is 13.9. The Bertz CT molecular complexity index is 1290. The van der Waals surface area contributed by atoms with Gasteiger partial charge in [-0.2, -0.15) is 36.9 Å². The van der Waals surface area contributed by atoms with Crippen LogP contribution in [0.15, 0.2) is 36.5 Å². The number of nitrogens with one attached hydrogen (secondary N) is 2. The molecule has 1 fully saturated rings. The molecule has 0 aromatic carbocycles. The van der Waals surface area contributed by atoms with Crippen LogP contribution < -0.4 is 10.6 Å². The van der Waals surface area contributed by atoms with Crippen LogP contribution in [0.2, 0.25) is 0 Å². The Morgan fingerprint density at radius 3 is 2.37 bits per heavy atom. The number of alkyl halides is 5. The lowest BCUT2D eigenvalue weighted by Crippen LogP contribution is -2.42. The summed E-state index contributed by atoms with van der Waals surface area (Å²) in [5.74, 6) is -3.38. The maximum Gasteiger partial charge on any atom is 0.433 e. The monoisotopic (exact) mass is 538 g/mol. The summed E-state index contributed by atoms with van der Waals surface area (Å²) >= 11 is 0. The van der Waals surface area contributed by atoms with Crippen molar-refractivity contribution in [2.75, 3.05) is 30.8 Å². The Hall–Kier alpha value is -4.17. The summed E-state index contributed by atoms with van der Waals surface area (Å²) < 4.78 is 71.8. The van der Waals surface area contributed by atoms with E-state index < -0.39 is 29.6 Å². The van der Waals surface area contributed by atoms with E-state index >= 15 is 0 Å². The highest BCUT2D eigenvalue weighted by molar-refractivity contribution is 5.67. The summed E-state index contributed by atoms with van der Waals surface area (Å²) in [5.41, 5.74) is -1.60. The van der Waals surface area contributed by atoms with Gasteiger partial charge in [0, 0.05) is 37.9 Å². The predicted molar refractivity (Wildman–Crippen MR) is 126 cm³/mol. The number of piperidine rings is 1. The molecule has 1 saturated heterocycles. The molecular weight excluding hydrogens is 515 g/mol. The third-order valence-corrected chi connectivity index (χ3v) is 5.63. The van der Waals surface area contributed by atoms with E-state index in [0.717, 1.165) is 18.3 Å². The van der Waals surface area contributed by atoms with Crippen molar-refractivity contribution in [3.63, 3.8) is 0 Å². The van der Waals surface area contributed by atoms with Crippen molar-refractivity contribution >= 4 is 23.7 Å². The number of anilines is 3. The molecule has 0 bridgehead atoms. The van der Waals surface area contributed by atoms with Crippen LogP contribution in [0.25, 0.3) is 11.5 Å². The number of pyridine rings is 2. The highest BCUT2D eigenvalue weighted by Crippen LogP contribution is 2.30. The van der Waals surface area contributed by atoms with Gasteiger partial charge in [0.2, 0.25) is 11.9 Å². The van der Waals surface area contributed by atoms with Gasteiger partial charge in [0.15, 0.2) is 5.82 Å². The van der Waals surface area contributed by atoms with Gasteiger partial charge in [0.25, 0.3) is 5.92 Å². The number of nitrogens with zero attached hydrogens (tertiary/aromatic N) is 6. The summed E-state index contributed by atoms with van der Waals surface area (Å²) in [6, 6.07) is 5.89. The molecule has 1 aliphatic rings. The number of carbonyl (C=O) groups excluding carboxylic acids is 1. The van der Waals surface area contributed by atoms with Crippen molar-refractivity contribution < 1.29 is 31.5 Å². The van der Waals surface area contributed by atoms with Crippen molar-refractivity contribution in [3.05, 3.63) is 47.9 Å². The third kappa shape index (κ3) is 6.58. The minimum absolute atomic E-state index is 0.00335. The molecule has 0 atom stereocenters. The normalized spacial score (nSPS) is 14.8. The van der Waals surface area contributed by atoms with E-state index in [1.165, 1.54) is 25.3 Å². The molecular formula is C23H23F5N8O2. The average molecular weight is 538 g/mol. The zero-order chi connectivity index (χ0) is 27.5. The standard InChI is InChI=1S/C23H23F5N8O2/c1-22(24,25)16-5-3-4-15(32-16)18-33-19(30-13-7-10-36(11-8-13)21(37)38-2)35-20(34-18)31-14-6-9-29-17(12-14)23(26,27)28/h3-6,9,12-13H,7-8,10-11H2,1-2H3,(H2,29,30,31,33,34,35). The van der Waals surface area contributed by atoms with Crippen molar-refractivity contribution in [1.29, 1.82) is 0 Å². The van der Waals surface area contributed by atoms with Gasteiger partial charge in [0.1, 0.15) is 17.1 Å². The van der Waals surface area contributed by atoms with Crippen molar-refractivity contribution in [2.45, 2.75) is 37.9 Å².